The van der Waals surface area contributed by atoms with E-state index in [1.165, 1.54) is 12.1 Å². The van der Waals surface area contributed by atoms with Crippen LogP contribution in [0.3, 0.4) is 0 Å². The molecule has 6 heteroatoms. The van der Waals surface area contributed by atoms with Crippen LogP contribution in [0, 0.1) is 0 Å². The highest BCUT2D eigenvalue weighted by molar-refractivity contribution is 6.03. The number of carbonyl (C=O) groups excluding carboxylic acids is 1. The highest BCUT2D eigenvalue weighted by Gasteiger charge is 2.22. The van der Waals surface area contributed by atoms with Crippen LogP contribution in [0.25, 0.3) is 0 Å². The lowest BCUT2D eigenvalue weighted by atomic mass is 9.94. The second-order valence-corrected chi connectivity index (χ2v) is 3.90. The Morgan fingerprint density at radius 2 is 1.90 bits per heavy atom. The Labute approximate surface area is 115 Å². The van der Waals surface area contributed by atoms with Gasteiger partial charge in [0.1, 0.15) is 6.61 Å². The predicted molar refractivity (Wildman–Crippen MR) is 69.7 cm³/mol. The topological polar surface area (TPSA) is 101 Å². The van der Waals surface area contributed by atoms with Crippen molar-refractivity contribution in [1.82, 2.24) is 0 Å². The fourth-order valence-corrected chi connectivity index (χ4v) is 1.86. The number of carboxylic acids is 2. The van der Waals surface area contributed by atoms with E-state index >= 15 is 0 Å². The van der Waals surface area contributed by atoms with Gasteiger partial charge in [-0.3, -0.25) is 0 Å². The average molecular weight is 278 g/mol. The Morgan fingerprint density at radius 1 is 1.25 bits per heavy atom. The Balaban J connectivity index is 3.30. The van der Waals surface area contributed by atoms with Crippen LogP contribution >= 0.6 is 0 Å². The molecule has 0 unspecified atom stereocenters. The SMILES string of the molecule is C=CC(=O)OCc1ccc(C(=O)O)c(C(=O)O)c1CC. The number of esters is 1. The molecule has 1 aromatic carbocycles. The number of ether oxygens (including phenoxy) is 1. The first-order valence-corrected chi connectivity index (χ1v) is 5.82. The lowest BCUT2D eigenvalue weighted by Crippen LogP contribution is -2.14. The third-order valence-corrected chi connectivity index (χ3v) is 2.74. The van der Waals surface area contributed by atoms with Crippen molar-refractivity contribution in [1.29, 1.82) is 0 Å². The van der Waals surface area contributed by atoms with Crippen molar-refractivity contribution in [3.05, 3.63) is 47.0 Å². The van der Waals surface area contributed by atoms with Gasteiger partial charge in [-0.05, 0) is 23.6 Å². The normalized spacial score (nSPS) is 9.85. The Kier molecular flexibility index (Phi) is 5.02. The van der Waals surface area contributed by atoms with Gasteiger partial charge in [-0.25, -0.2) is 14.4 Å². The van der Waals surface area contributed by atoms with Gasteiger partial charge in [0.2, 0.25) is 0 Å². The molecule has 0 aliphatic heterocycles. The molecule has 0 fully saturated rings. The van der Waals surface area contributed by atoms with Gasteiger partial charge in [-0.15, -0.1) is 0 Å². The van der Waals surface area contributed by atoms with Gasteiger partial charge >= 0.3 is 17.9 Å². The molecule has 1 aromatic rings. The van der Waals surface area contributed by atoms with Crippen molar-refractivity contribution in [2.45, 2.75) is 20.0 Å². The molecule has 0 heterocycles. The standard InChI is InChI=1S/C14H14O6/c1-3-9-8(7-20-11(15)4-2)5-6-10(13(16)17)12(9)14(18)19/h4-6H,2-3,7H2,1H3,(H,16,17)(H,18,19). The monoisotopic (exact) mass is 278 g/mol. The molecule has 1 rings (SSSR count). The Bertz CT molecular complexity index is 573. The smallest absolute Gasteiger partial charge is 0.336 e. The second kappa shape index (κ2) is 6.51. The summed E-state index contributed by atoms with van der Waals surface area (Å²) in [6.45, 7) is 4.82. The van der Waals surface area contributed by atoms with Gasteiger partial charge < -0.3 is 14.9 Å². The van der Waals surface area contributed by atoms with Gasteiger partial charge in [0, 0.05) is 6.08 Å². The third-order valence-electron chi connectivity index (χ3n) is 2.74. The number of hydrogen-bond acceptors (Lipinski definition) is 4. The zero-order chi connectivity index (χ0) is 15.3. The largest absolute Gasteiger partial charge is 0.478 e. The summed E-state index contributed by atoms with van der Waals surface area (Å²) in [5.74, 6) is -3.27. The van der Waals surface area contributed by atoms with Crippen molar-refractivity contribution in [3.63, 3.8) is 0 Å². The summed E-state index contributed by atoms with van der Waals surface area (Å²) in [6.07, 6.45) is 1.30. The van der Waals surface area contributed by atoms with E-state index < -0.39 is 17.9 Å². The Hall–Kier alpha value is -2.63. The maximum atomic E-state index is 11.3. The fourth-order valence-electron chi connectivity index (χ4n) is 1.86. The van der Waals surface area contributed by atoms with Gasteiger partial charge in [0.25, 0.3) is 0 Å². The molecule has 0 bridgehead atoms. The predicted octanol–water partition coefficient (Wildman–Crippen LogP) is 1.87. The summed E-state index contributed by atoms with van der Waals surface area (Å²) in [5.41, 5.74) is 0.250. The zero-order valence-electron chi connectivity index (χ0n) is 10.9. The first-order valence-electron chi connectivity index (χ1n) is 5.82. The minimum absolute atomic E-state index is 0.131. The number of carbonyl (C=O) groups is 3. The number of aromatic carboxylic acids is 2. The van der Waals surface area contributed by atoms with Crippen molar-refractivity contribution in [2.24, 2.45) is 0 Å². The molecule has 0 saturated heterocycles. The summed E-state index contributed by atoms with van der Waals surface area (Å²) < 4.78 is 4.86. The molecule has 0 aromatic heterocycles. The molecule has 20 heavy (non-hydrogen) atoms. The highest BCUT2D eigenvalue weighted by atomic mass is 16.5. The van der Waals surface area contributed by atoms with E-state index in [1.54, 1.807) is 6.92 Å². The summed E-state index contributed by atoms with van der Waals surface area (Å²) >= 11 is 0. The van der Waals surface area contributed by atoms with E-state index in [-0.39, 0.29) is 17.7 Å². The quantitative estimate of drug-likeness (QED) is 0.608. The van der Waals surface area contributed by atoms with Crippen molar-refractivity contribution in [2.75, 3.05) is 0 Å². The summed E-state index contributed by atoms with van der Waals surface area (Å²) in [7, 11) is 0. The molecule has 0 aliphatic carbocycles. The number of rotatable bonds is 6. The Morgan fingerprint density at radius 3 is 2.35 bits per heavy atom. The van der Waals surface area contributed by atoms with Crippen LogP contribution in [0.1, 0.15) is 38.8 Å². The summed E-state index contributed by atoms with van der Waals surface area (Å²) in [4.78, 5) is 33.3. The number of hydrogen-bond donors (Lipinski definition) is 2. The van der Waals surface area contributed by atoms with Crippen molar-refractivity contribution < 1.29 is 29.3 Å². The molecule has 0 amide bonds. The van der Waals surface area contributed by atoms with Crippen LogP contribution in [0.4, 0.5) is 0 Å². The van der Waals surface area contributed by atoms with Crippen LogP contribution in [-0.4, -0.2) is 28.1 Å². The highest BCUT2D eigenvalue weighted by Crippen LogP contribution is 2.21. The molecular formula is C14H14O6. The van der Waals surface area contributed by atoms with Crippen LogP contribution in [0.5, 0.6) is 0 Å². The average Bonchev–Trinajstić information content (AvgIpc) is 2.42. The first kappa shape index (κ1) is 15.4. The minimum Gasteiger partial charge on any atom is -0.478 e. The summed E-state index contributed by atoms with van der Waals surface area (Å²) in [6, 6.07) is 2.65. The molecule has 6 nitrogen and oxygen atoms in total. The molecule has 106 valence electrons. The second-order valence-electron chi connectivity index (χ2n) is 3.90. The van der Waals surface area contributed by atoms with E-state index in [1.807, 2.05) is 0 Å². The van der Waals surface area contributed by atoms with E-state index in [9.17, 15) is 19.5 Å². The van der Waals surface area contributed by atoms with Gasteiger partial charge in [-0.2, -0.15) is 0 Å². The van der Waals surface area contributed by atoms with Crippen LogP contribution in [-0.2, 0) is 22.6 Å². The molecule has 0 radical (unpaired) electrons. The van der Waals surface area contributed by atoms with Gasteiger partial charge in [0.05, 0.1) is 11.1 Å². The fraction of sp³-hybridized carbons (Fsp3) is 0.214. The zero-order valence-corrected chi connectivity index (χ0v) is 10.9. The molecule has 0 spiro atoms. The molecular weight excluding hydrogens is 264 g/mol. The van der Waals surface area contributed by atoms with E-state index in [0.29, 0.717) is 17.5 Å². The maximum absolute atomic E-state index is 11.3. The van der Waals surface area contributed by atoms with Gasteiger partial charge in [-0.1, -0.05) is 19.6 Å². The lowest BCUT2D eigenvalue weighted by molar-refractivity contribution is -0.139. The van der Waals surface area contributed by atoms with E-state index in [4.69, 9.17) is 9.84 Å². The van der Waals surface area contributed by atoms with Crippen LogP contribution in [0.2, 0.25) is 0 Å². The summed E-state index contributed by atoms with van der Waals surface area (Å²) in [5, 5.41) is 18.2. The van der Waals surface area contributed by atoms with E-state index in [0.717, 1.165) is 6.08 Å². The molecule has 2 N–H and O–H groups in total. The van der Waals surface area contributed by atoms with Crippen LogP contribution in [0.15, 0.2) is 24.8 Å². The van der Waals surface area contributed by atoms with Crippen molar-refractivity contribution >= 4 is 17.9 Å². The molecule has 0 saturated carbocycles. The number of benzene rings is 1. The number of carboxylic acid groups (broad SMARTS) is 2. The first-order chi connectivity index (χ1) is 9.42. The maximum Gasteiger partial charge on any atom is 0.336 e. The van der Waals surface area contributed by atoms with Crippen molar-refractivity contribution in [3.8, 4) is 0 Å². The van der Waals surface area contributed by atoms with E-state index in [2.05, 4.69) is 6.58 Å². The lowest BCUT2D eigenvalue weighted by Gasteiger charge is -2.13. The van der Waals surface area contributed by atoms with Crippen LogP contribution < -0.4 is 0 Å². The van der Waals surface area contributed by atoms with Gasteiger partial charge in [0.15, 0.2) is 0 Å². The molecule has 0 aliphatic rings. The minimum atomic E-state index is -1.32. The molecule has 0 atom stereocenters. The third kappa shape index (κ3) is 3.23.